The summed E-state index contributed by atoms with van der Waals surface area (Å²) in [5.74, 6) is -1.96. The molecular weight excluding hydrogens is 614 g/mol. The Morgan fingerprint density at radius 3 is 2.13 bits per heavy atom. The molecule has 0 bridgehead atoms. The van der Waals surface area contributed by atoms with Crippen molar-refractivity contribution in [2.24, 2.45) is 0 Å². The number of amides is 1. The van der Waals surface area contributed by atoms with Crippen molar-refractivity contribution >= 4 is 46.3 Å². The second kappa shape index (κ2) is 17.6. The van der Waals surface area contributed by atoms with E-state index in [0.717, 1.165) is 22.0 Å². The van der Waals surface area contributed by atoms with Gasteiger partial charge in [0.25, 0.3) is 0 Å². The van der Waals surface area contributed by atoms with Gasteiger partial charge in [0.2, 0.25) is 5.91 Å². The van der Waals surface area contributed by atoms with Crippen LogP contribution in [-0.4, -0.2) is 87.2 Å². The van der Waals surface area contributed by atoms with Crippen molar-refractivity contribution in [1.82, 2.24) is 20.3 Å². The standard InChI is InChI=1S/C36H45N5O5S/c1-4-41(31(23-25-13-7-5-8-14-25)34(42)40(2)24-26-15-9-6-10-16-26)37-21-19-28(35(43)44)32-27-17-11-12-18-29(27)38-33(32)39-30(36(45)46)20-22-47-3/h5-18,28,30-31,37-39H,4,19-24H2,1-3H3,(H,43,44)(H,45,46)/t28-,30-,31-/m0/s1. The summed E-state index contributed by atoms with van der Waals surface area (Å²) in [5, 5.41) is 26.1. The van der Waals surface area contributed by atoms with Crippen molar-refractivity contribution in [3.05, 3.63) is 102 Å². The number of likely N-dealkylation sites (N-methyl/N-ethyl adjacent to an activating group) is 2. The Bertz CT molecular complexity index is 1600. The lowest BCUT2D eigenvalue weighted by Crippen LogP contribution is -2.54. The van der Waals surface area contributed by atoms with E-state index in [9.17, 15) is 24.6 Å². The maximum absolute atomic E-state index is 14.0. The molecule has 0 fully saturated rings. The molecule has 0 aliphatic carbocycles. The first-order valence-electron chi connectivity index (χ1n) is 15.9. The fraction of sp³-hybridized carbons (Fsp3) is 0.361. The summed E-state index contributed by atoms with van der Waals surface area (Å²) in [7, 11) is 1.80. The Morgan fingerprint density at radius 1 is 0.872 bits per heavy atom. The van der Waals surface area contributed by atoms with Gasteiger partial charge in [-0.15, -0.1) is 0 Å². The molecule has 4 aromatic rings. The molecule has 0 aliphatic rings. The zero-order chi connectivity index (χ0) is 33.8. The number of benzene rings is 3. The highest BCUT2D eigenvalue weighted by atomic mass is 32.2. The predicted octanol–water partition coefficient (Wildman–Crippen LogP) is 5.44. The van der Waals surface area contributed by atoms with Crippen LogP contribution in [0.25, 0.3) is 10.9 Å². The summed E-state index contributed by atoms with van der Waals surface area (Å²) in [4.78, 5) is 43.8. The number of hydrogen-bond donors (Lipinski definition) is 5. The fourth-order valence-electron chi connectivity index (χ4n) is 5.85. The Kier molecular flexibility index (Phi) is 13.3. The summed E-state index contributed by atoms with van der Waals surface area (Å²) in [6, 6.07) is 25.7. The molecule has 5 N–H and O–H groups in total. The van der Waals surface area contributed by atoms with Crippen molar-refractivity contribution in [3.63, 3.8) is 0 Å². The first-order chi connectivity index (χ1) is 22.7. The van der Waals surface area contributed by atoms with Gasteiger partial charge in [-0.05, 0) is 48.5 Å². The topological polar surface area (TPSA) is 138 Å². The van der Waals surface area contributed by atoms with Crippen molar-refractivity contribution in [3.8, 4) is 0 Å². The highest BCUT2D eigenvalue weighted by Crippen LogP contribution is 2.35. The fourth-order valence-corrected chi connectivity index (χ4v) is 6.32. The minimum atomic E-state index is -1.02. The first kappa shape index (κ1) is 35.5. The van der Waals surface area contributed by atoms with Gasteiger partial charge in [-0.25, -0.2) is 9.80 Å². The van der Waals surface area contributed by atoms with Crippen LogP contribution in [0, 0.1) is 0 Å². The Morgan fingerprint density at radius 2 is 1.51 bits per heavy atom. The molecular formula is C36H45N5O5S. The van der Waals surface area contributed by atoms with Crippen molar-refractivity contribution in [1.29, 1.82) is 0 Å². The quantitative estimate of drug-likeness (QED) is 0.0834. The second-order valence-electron chi connectivity index (χ2n) is 11.5. The van der Waals surface area contributed by atoms with Gasteiger partial charge >= 0.3 is 11.9 Å². The number of aromatic amines is 1. The number of nitrogens with one attached hydrogen (secondary N) is 3. The first-order valence-corrected chi connectivity index (χ1v) is 17.3. The Labute approximate surface area is 280 Å². The summed E-state index contributed by atoms with van der Waals surface area (Å²) >= 11 is 1.55. The number of rotatable bonds is 19. The van der Waals surface area contributed by atoms with E-state index in [4.69, 9.17) is 0 Å². The molecule has 0 saturated carbocycles. The number of carboxylic acids is 2. The van der Waals surface area contributed by atoms with Gasteiger partial charge in [0.05, 0.1) is 5.92 Å². The number of anilines is 1. The van der Waals surface area contributed by atoms with Crippen LogP contribution in [0.4, 0.5) is 5.82 Å². The lowest BCUT2D eigenvalue weighted by Gasteiger charge is -2.33. The highest BCUT2D eigenvalue weighted by Gasteiger charge is 2.31. The van der Waals surface area contributed by atoms with E-state index in [2.05, 4.69) is 15.7 Å². The van der Waals surface area contributed by atoms with E-state index >= 15 is 0 Å². The van der Waals surface area contributed by atoms with E-state index < -0.39 is 29.9 Å². The monoisotopic (exact) mass is 659 g/mol. The number of hydrazine groups is 1. The van der Waals surface area contributed by atoms with Crippen LogP contribution in [0.5, 0.6) is 0 Å². The molecule has 1 heterocycles. The summed E-state index contributed by atoms with van der Waals surface area (Å²) in [5.41, 5.74) is 6.68. The highest BCUT2D eigenvalue weighted by molar-refractivity contribution is 7.98. The summed E-state index contributed by atoms with van der Waals surface area (Å²) in [6.07, 6.45) is 2.98. The molecule has 3 atom stereocenters. The largest absolute Gasteiger partial charge is 0.481 e. The van der Waals surface area contributed by atoms with Gasteiger partial charge in [0.15, 0.2) is 0 Å². The number of carbonyl (C=O) groups is 3. The van der Waals surface area contributed by atoms with E-state index in [1.54, 1.807) is 23.7 Å². The number of carboxylic acid groups (broad SMARTS) is 2. The number of para-hydroxylation sites is 1. The smallest absolute Gasteiger partial charge is 0.326 e. The molecule has 4 rings (SSSR count). The molecule has 10 nitrogen and oxygen atoms in total. The van der Waals surface area contributed by atoms with E-state index in [1.165, 1.54) is 0 Å². The van der Waals surface area contributed by atoms with Crippen molar-refractivity contribution < 1.29 is 24.6 Å². The van der Waals surface area contributed by atoms with Gasteiger partial charge < -0.3 is 25.4 Å². The number of thioether (sulfide) groups is 1. The second-order valence-corrected chi connectivity index (χ2v) is 12.5. The average Bonchev–Trinajstić information content (AvgIpc) is 3.43. The van der Waals surface area contributed by atoms with Gasteiger partial charge in [-0.1, -0.05) is 85.8 Å². The number of fused-ring (bicyclic) bond motifs is 1. The Balaban J connectivity index is 1.56. The zero-order valence-electron chi connectivity index (χ0n) is 27.2. The summed E-state index contributed by atoms with van der Waals surface area (Å²) < 4.78 is 0. The van der Waals surface area contributed by atoms with Crippen LogP contribution in [0.2, 0.25) is 0 Å². The normalized spacial score (nSPS) is 13.3. The van der Waals surface area contributed by atoms with Crippen molar-refractivity contribution in [2.75, 3.05) is 37.5 Å². The number of carbonyl (C=O) groups excluding carboxylic acids is 1. The molecule has 0 aliphatic heterocycles. The van der Waals surface area contributed by atoms with Gasteiger partial charge in [0.1, 0.15) is 17.9 Å². The number of H-pyrrole nitrogens is 1. The molecule has 0 radical (unpaired) electrons. The number of aromatic nitrogens is 1. The van der Waals surface area contributed by atoms with Crippen LogP contribution in [0.3, 0.4) is 0 Å². The molecule has 3 aromatic carbocycles. The lowest BCUT2D eigenvalue weighted by molar-refractivity contribution is -0.140. The molecule has 250 valence electrons. The maximum Gasteiger partial charge on any atom is 0.326 e. The van der Waals surface area contributed by atoms with Crippen LogP contribution in [0.1, 0.15) is 42.4 Å². The number of nitrogens with zero attached hydrogens (tertiary/aromatic N) is 2. The number of hydrogen-bond acceptors (Lipinski definition) is 7. The molecule has 1 aromatic heterocycles. The van der Waals surface area contributed by atoms with Crippen molar-refractivity contribution in [2.45, 2.75) is 50.7 Å². The van der Waals surface area contributed by atoms with Crippen LogP contribution in [-0.2, 0) is 27.3 Å². The van der Waals surface area contributed by atoms with Crippen LogP contribution >= 0.6 is 11.8 Å². The third-order valence-electron chi connectivity index (χ3n) is 8.28. The zero-order valence-corrected chi connectivity index (χ0v) is 28.0. The summed E-state index contributed by atoms with van der Waals surface area (Å²) in [6.45, 7) is 3.22. The molecule has 0 spiro atoms. The minimum Gasteiger partial charge on any atom is -0.481 e. The average molecular weight is 660 g/mol. The van der Waals surface area contributed by atoms with Crippen LogP contribution in [0.15, 0.2) is 84.9 Å². The van der Waals surface area contributed by atoms with E-state index in [0.29, 0.717) is 43.1 Å². The van der Waals surface area contributed by atoms with Crippen LogP contribution < -0.4 is 10.7 Å². The SMILES string of the molecule is CCN(NCC[C@H](C(=O)O)c1c(N[C@@H](CCSC)C(=O)O)[nH]c2ccccc12)[C@@H](Cc1ccccc1)C(=O)N(C)Cc1ccccc1. The minimum absolute atomic E-state index is 0.0464. The number of aliphatic carboxylic acids is 2. The molecule has 0 unspecified atom stereocenters. The molecule has 1 amide bonds. The predicted molar refractivity (Wildman–Crippen MR) is 189 cm³/mol. The van der Waals surface area contributed by atoms with Gasteiger partial charge in [-0.2, -0.15) is 11.8 Å². The Hall–Kier alpha value is -4.32. The lowest BCUT2D eigenvalue weighted by atomic mass is 9.94. The third kappa shape index (κ3) is 9.60. The van der Waals surface area contributed by atoms with E-state index in [-0.39, 0.29) is 18.9 Å². The van der Waals surface area contributed by atoms with Gasteiger partial charge in [0, 0.05) is 43.1 Å². The third-order valence-corrected chi connectivity index (χ3v) is 8.92. The molecule has 11 heteroatoms. The molecule has 47 heavy (non-hydrogen) atoms. The van der Waals surface area contributed by atoms with Gasteiger partial charge in [-0.3, -0.25) is 15.0 Å². The molecule has 0 saturated heterocycles. The maximum atomic E-state index is 14.0. The van der Waals surface area contributed by atoms with E-state index in [1.807, 2.05) is 103 Å².